The zero-order valence-electron chi connectivity index (χ0n) is 12.7. The Morgan fingerprint density at radius 1 is 1.45 bits per heavy atom. The van der Waals surface area contributed by atoms with Crippen LogP contribution in [0.5, 0.6) is 5.75 Å². The average Bonchev–Trinajstić information content (AvgIpc) is 2.86. The van der Waals surface area contributed by atoms with Crippen molar-refractivity contribution in [2.75, 3.05) is 25.5 Å². The maximum absolute atomic E-state index is 11.7. The first kappa shape index (κ1) is 18.1. The van der Waals surface area contributed by atoms with Crippen molar-refractivity contribution in [3.63, 3.8) is 0 Å². The number of nitrogens with zero attached hydrogens (tertiary/aromatic N) is 1. The van der Waals surface area contributed by atoms with Gasteiger partial charge in [-0.05, 0) is 25.0 Å². The summed E-state index contributed by atoms with van der Waals surface area (Å²) in [6.07, 6.45) is 0.370. The Hall–Kier alpha value is -1.95. The Balaban J connectivity index is 0.00000242. The number of benzene rings is 1. The zero-order valence-corrected chi connectivity index (χ0v) is 13.5. The topological polar surface area (TPSA) is 78.9 Å². The van der Waals surface area contributed by atoms with Gasteiger partial charge in [-0.15, -0.1) is 12.4 Å². The van der Waals surface area contributed by atoms with E-state index in [-0.39, 0.29) is 24.7 Å². The zero-order chi connectivity index (χ0) is 15.4. The van der Waals surface area contributed by atoms with E-state index in [0.717, 1.165) is 17.8 Å². The number of hydrogen-bond donors (Lipinski definition) is 2. The molecule has 1 aliphatic rings. The van der Waals surface area contributed by atoms with Crippen LogP contribution < -0.4 is 10.1 Å². The Morgan fingerprint density at radius 3 is 2.82 bits per heavy atom. The summed E-state index contributed by atoms with van der Waals surface area (Å²) in [7, 11) is 1.68. The average molecular weight is 329 g/mol. The summed E-state index contributed by atoms with van der Waals surface area (Å²) in [5, 5.41) is 12.0. The lowest BCUT2D eigenvalue weighted by atomic mass is 9.96. The van der Waals surface area contributed by atoms with Crippen LogP contribution in [0.4, 0.5) is 10.5 Å². The largest absolute Gasteiger partial charge is 0.481 e. The van der Waals surface area contributed by atoms with Crippen molar-refractivity contribution in [2.24, 2.45) is 0 Å². The highest BCUT2D eigenvalue weighted by molar-refractivity contribution is 5.85. The van der Waals surface area contributed by atoms with Crippen LogP contribution in [0, 0.1) is 0 Å². The van der Waals surface area contributed by atoms with Crippen molar-refractivity contribution in [2.45, 2.75) is 25.7 Å². The van der Waals surface area contributed by atoms with Gasteiger partial charge in [0.05, 0.1) is 0 Å². The smallest absolute Gasteiger partial charge is 0.414 e. The molecule has 0 radical (unpaired) electrons. The number of fused-ring (bicyclic) bond motifs is 1. The molecule has 2 rings (SSSR count). The maximum atomic E-state index is 11.7. The summed E-state index contributed by atoms with van der Waals surface area (Å²) < 4.78 is 5.28. The van der Waals surface area contributed by atoms with Gasteiger partial charge >= 0.3 is 12.1 Å². The molecule has 0 spiro atoms. The van der Waals surface area contributed by atoms with Crippen molar-refractivity contribution < 1.29 is 19.4 Å². The first-order valence-corrected chi connectivity index (χ1v) is 7.03. The number of aliphatic carboxylic acids is 1. The van der Waals surface area contributed by atoms with Crippen LogP contribution in [0.25, 0.3) is 0 Å². The molecule has 6 nitrogen and oxygen atoms in total. The highest BCUT2D eigenvalue weighted by atomic mass is 35.5. The Kier molecular flexibility index (Phi) is 6.49. The number of carboxylic acids is 1. The number of anilines is 1. The molecule has 0 aliphatic carbocycles. The van der Waals surface area contributed by atoms with Crippen LogP contribution in [-0.4, -0.2) is 42.2 Å². The molecule has 0 saturated carbocycles. The highest BCUT2D eigenvalue weighted by Gasteiger charge is 2.23. The fourth-order valence-corrected chi connectivity index (χ4v) is 2.31. The van der Waals surface area contributed by atoms with E-state index in [1.165, 1.54) is 4.90 Å². The minimum absolute atomic E-state index is 0. The second kappa shape index (κ2) is 7.89. The molecule has 1 amide bonds. The number of carbonyl (C=O) groups excluding carboxylic acids is 1. The van der Waals surface area contributed by atoms with Gasteiger partial charge in [0.2, 0.25) is 0 Å². The van der Waals surface area contributed by atoms with Gasteiger partial charge in [0, 0.05) is 44.2 Å². The Bertz CT molecular complexity index is 550. The van der Waals surface area contributed by atoms with Gasteiger partial charge in [0.25, 0.3) is 0 Å². The third kappa shape index (κ3) is 4.27. The summed E-state index contributed by atoms with van der Waals surface area (Å²) in [6.45, 7) is 3.17. The number of carbonyl (C=O) groups is 2. The third-order valence-corrected chi connectivity index (χ3v) is 3.70. The molecular formula is C15H21ClN2O4. The molecule has 22 heavy (non-hydrogen) atoms. The van der Waals surface area contributed by atoms with Crippen molar-refractivity contribution in [1.29, 1.82) is 0 Å². The molecule has 0 bridgehead atoms. The monoisotopic (exact) mass is 328 g/mol. The van der Waals surface area contributed by atoms with Crippen LogP contribution >= 0.6 is 12.4 Å². The lowest BCUT2D eigenvalue weighted by Gasteiger charge is -2.15. The number of rotatable bonds is 5. The number of nitrogens with one attached hydrogen (secondary N) is 1. The van der Waals surface area contributed by atoms with Gasteiger partial charge in [0.15, 0.2) is 0 Å². The predicted molar refractivity (Wildman–Crippen MR) is 86.1 cm³/mol. The van der Waals surface area contributed by atoms with Crippen LogP contribution in [0.1, 0.15) is 31.2 Å². The van der Waals surface area contributed by atoms with Crippen molar-refractivity contribution in [3.05, 3.63) is 23.8 Å². The summed E-state index contributed by atoms with van der Waals surface area (Å²) in [5.41, 5.74) is 2.00. The molecule has 2 N–H and O–H groups in total. The van der Waals surface area contributed by atoms with Crippen molar-refractivity contribution >= 4 is 30.2 Å². The Morgan fingerprint density at radius 2 is 2.18 bits per heavy atom. The van der Waals surface area contributed by atoms with E-state index in [1.807, 2.05) is 13.0 Å². The van der Waals surface area contributed by atoms with E-state index in [0.29, 0.717) is 18.7 Å². The Labute approximate surface area is 135 Å². The molecular weight excluding hydrogens is 308 g/mol. The van der Waals surface area contributed by atoms with E-state index in [1.54, 1.807) is 19.2 Å². The normalized spacial score (nSPS) is 15.3. The maximum Gasteiger partial charge on any atom is 0.414 e. The van der Waals surface area contributed by atoms with E-state index in [2.05, 4.69) is 5.32 Å². The van der Waals surface area contributed by atoms with Crippen LogP contribution in [0.2, 0.25) is 0 Å². The molecule has 1 unspecified atom stereocenters. The molecule has 7 heteroatoms. The molecule has 1 atom stereocenters. The molecule has 0 saturated heterocycles. The van der Waals surface area contributed by atoms with Gasteiger partial charge in [-0.2, -0.15) is 0 Å². The third-order valence-electron chi connectivity index (χ3n) is 3.70. The second-order valence-electron chi connectivity index (χ2n) is 5.14. The predicted octanol–water partition coefficient (Wildman–Crippen LogP) is 2.93. The van der Waals surface area contributed by atoms with Crippen LogP contribution in [-0.2, 0) is 4.79 Å². The summed E-state index contributed by atoms with van der Waals surface area (Å²) in [6, 6.07) is 5.44. The van der Waals surface area contributed by atoms with Crippen LogP contribution in [0.15, 0.2) is 18.2 Å². The minimum atomic E-state index is -0.781. The van der Waals surface area contributed by atoms with Gasteiger partial charge in [-0.3, -0.25) is 4.79 Å². The van der Waals surface area contributed by atoms with Crippen molar-refractivity contribution in [1.82, 2.24) is 4.90 Å². The van der Waals surface area contributed by atoms with Crippen LogP contribution in [0.3, 0.4) is 0 Å². The van der Waals surface area contributed by atoms with Gasteiger partial charge in [0.1, 0.15) is 5.75 Å². The number of hydrogen-bond acceptors (Lipinski definition) is 4. The number of ether oxygens (including phenoxy) is 1. The van der Waals surface area contributed by atoms with E-state index in [4.69, 9.17) is 9.84 Å². The number of carboxylic acid groups (broad SMARTS) is 1. The van der Waals surface area contributed by atoms with Gasteiger partial charge < -0.3 is 20.1 Å². The first-order chi connectivity index (χ1) is 10.0. The summed E-state index contributed by atoms with van der Waals surface area (Å²) >= 11 is 0. The first-order valence-electron chi connectivity index (χ1n) is 7.03. The SMILES string of the molecule is CCN(C)C(=O)Oc1ccc2c(c1)NCC2CCC(=O)O.Cl. The molecule has 0 aromatic heterocycles. The molecule has 0 fully saturated rings. The molecule has 122 valence electrons. The fourth-order valence-electron chi connectivity index (χ4n) is 2.31. The summed E-state index contributed by atoms with van der Waals surface area (Å²) in [5.74, 6) is -0.0961. The van der Waals surface area contributed by atoms with Crippen molar-refractivity contribution in [3.8, 4) is 5.75 Å². The molecule has 1 aromatic rings. The molecule has 1 aromatic carbocycles. The highest BCUT2D eigenvalue weighted by Crippen LogP contribution is 2.36. The van der Waals surface area contributed by atoms with Gasteiger partial charge in [-0.1, -0.05) is 6.07 Å². The van der Waals surface area contributed by atoms with E-state index < -0.39 is 12.1 Å². The second-order valence-corrected chi connectivity index (χ2v) is 5.14. The summed E-state index contributed by atoms with van der Waals surface area (Å²) in [4.78, 5) is 23.8. The minimum Gasteiger partial charge on any atom is -0.481 e. The molecule has 1 heterocycles. The number of amides is 1. The fraction of sp³-hybridized carbons (Fsp3) is 0.467. The molecule has 1 aliphatic heterocycles. The van der Waals surface area contributed by atoms with E-state index >= 15 is 0 Å². The van der Waals surface area contributed by atoms with Gasteiger partial charge in [-0.25, -0.2) is 4.79 Å². The standard InChI is InChI=1S/C15H20N2O4.ClH/c1-3-17(2)15(20)21-11-5-6-12-10(4-7-14(18)19)9-16-13(12)8-11;/h5-6,8,10,16H,3-4,7,9H2,1-2H3,(H,18,19);1H. The lowest BCUT2D eigenvalue weighted by Crippen LogP contribution is -2.29. The lowest BCUT2D eigenvalue weighted by molar-refractivity contribution is -0.137. The van der Waals surface area contributed by atoms with E-state index in [9.17, 15) is 9.59 Å². The number of halogens is 1. The quantitative estimate of drug-likeness (QED) is 0.868.